The van der Waals surface area contributed by atoms with Crippen LogP contribution < -0.4 is 5.32 Å². The molecule has 0 radical (unpaired) electrons. The number of terminal acetylenes is 1. The molecule has 0 saturated heterocycles. The van der Waals surface area contributed by atoms with Crippen molar-refractivity contribution in [3.63, 3.8) is 0 Å². The van der Waals surface area contributed by atoms with Crippen molar-refractivity contribution in [2.24, 2.45) is 5.41 Å². The second-order valence-electron chi connectivity index (χ2n) is 4.65. The van der Waals surface area contributed by atoms with Crippen molar-refractivity contribution >= 4 is 5.97 Å². The average molecular weight is 211 g/mol. The maximum absolute atomic E-state index is 11.6. The van der Waals surface area contributed by atoms with Gasteiger partial charge in [-0.1, -0.05) is 26.7 Å². The van der Waals surface area contributed by atoms with E-state index in [0.717, 1.165) is 0 Å². The van der Waals surface area contributed by atoms with Gasteiger partial charge in [0.1, 0.15) is 6.04 Å². The lowest BCUT2D eigenvalue weighted by molar-refractivity contribution is -0.146. The van der Waals surface area contributed by atoms with Crippen molar-refractivity contribution < 1.29 is 9.53 Å². The molecule has 0 fully saturated rings. The number of carbonyl (C=O) groups is 1. The van der Waals surface area contributed by atoms with E-state index in [1.165, 1.54) is 0 Å². The average Bonchev–Trinajstić information content (AvgIpc) is 2.10. The maximum Gasteiger partial charge on any atom is 0.323 e. The second kappa shape index (κ2) is 6.47. The first-order chi connectivity index (χ1) is 6.90. The molecule has 0 spiro atoms. The van der Waals surface area contributed by atoms with E-state index in [1.807, 2.05) is 0 Å². The minimum Gasteiger partial charge on any atom is -0.465 e. The first-order valence-electron chi connectivity index (χ1n) is 5.24. The molecular weight excluding hydrogens is 190 g/mol. The van der Waals surface area contributed by atoms with Gasteiger partial charge in [-0.05, 0) is 18.8 Å². The number of carbonyl (C=O) groups excluding carboxylic acids is 1. The predicted molar refractivity (Wildman–Crippen MR) is 61.3 cm³/mol. The van der Waals surface area contributed by atoms with E-state index in [-0.39, 0.29) is 17.4 Å². The summed E-state index contributed by atoms with van der Waals surface area (Å²) in [4.78, 5) is 11.6. The Morgan fingerprint density at radius 1 is 1.53 bits per heavy atom. The molecule has 0 heterocycles. The van der Waals surface area contributed by atoms with Crippen LogP contribution in [0.5, 0.6) is 0 Å². The highest BCUT2D eigenvalue weighted by atomic mass is 16.5. The summed E-state index contributed by atoms with van der Waals surface area (Å²) >= 11 is 0. The van der Waals surface area contributed by atoms with Crippen LogP contribution in [0.3, 0.4) is 0 Å². The molecule has 0 aromatic heterocycles. The van der Waals surface area contributed by atoms with Gasteiger partial charge < -0.3 is 4.74 Å². The van der Waals surface area contributed by atoms with E-state index in [0.29, 0.717) is 19.6 Å². The monoisotopic (exact) mass is 211 g/mol. The van der Waals surface area contributed by atoms with E-state index in [4.69, 9.17) is 11.2 Å². The minimum atomic E-state index is -0.305. The summed E-state index contributed by atoms with van der Waals surface area (Å²) in [7, 11) is 0. The van der Waals surface area contributed by atoms with Gasteiger partial charge in [0, 0.05) is 0 Å². The Labute approximate surface area is 92.6 Å². The van der Waals surface area contributed by atoms with Crippen LogP contribution in [0.25, 0.3) is 0 Å². The first kappa shape index (κ1) is 14.0. The van der Waals surface area contributed by atoms with Crippen molar-refractivity contribution in [2.75, 3.05) is 13.2 Å². The Kier molecular flexibility index (Phi) is 6.03. The maximum atomic E-state index is 11.6. The molecule has 0 aromatic carbocycles. The number of hydrogen-bond acceptors (Lipinski definition) is 3. The van der Waals surface area contributed by atoms with Crippen LogP contribution in [0.2, 0.25) is 0 Å². The molecular formula is C12H21NO2. The first-order valence-corrected chi connectivity index (χ1v) is 5.24. The molecule has 1 unspecified atom stereocenters. The van der Waals surface area contributed by atoms with Gasteiger partial charge in [0.15, 0.2) is 0 Å². The number of rotatable bonds is 5. The van der Waals surface area contributed by atoms with Gasteiger partial charge in [0.25, 0.3) is 0 Å². The Morgan fingerprint density at radius 3 is 2.53 bits per heavy atom. The van der Waals surface area contributed by atoms with E-state index in [9.17, 15) is 4.79 Å². The molecule has 0 aliphatic heterocycles. The molecule has 3 nitrogen and oxygen atoms in total. The van der Waals surface area contributed by atoms with Crippen molar-refractivity contribution in [3.05, 3.63) is 0 Å². The molecule has 3 heteroatoms. The molecule has 86 valence electrons. The van der Waals surface area contributed by atoms with Gasteiger partial charge in [0.2, 0.25) is 0 Å². The highest BCUT2D eigenvalue weighted by molar-refractivity contribution is 5.75. The summed E-state index contributed by atoms with van der Waals surface area (Å²) in [6.07, 6.45) is 5.87. The van der Waals surface area contributed by atoms with Gasteiger partial charge in [-0.15, -0.1) is 6.42 Å². The van der Waals surface area contributed by atoms with E-state index in [1.54, 1.807) is 6.92 Å². The third-order valence-corrected chi connectivity index (χ3v) is 1.84. The Morgan fingerprint density at radius 2 is 2.13 bits per heavy atom. The Balaban J connectivity index is 4.31. The van der Waals surface area contributed by atoms with E-state index >= 15 is 0 Å². The zero-order valence-corrected chi connectivity index (χ0v) is 10.1. The van der Waals surface area contributed by atoms with Crippen LogP contribution >= 0.6 is 0 Å². The Bertz CT molecular complexity index is 235. The predicted octanol–water partition coefficient (Wildman–Crippen LogP) is 1.58. The van der Waals surface area contributed by atoms with Crippen LogP contribution in [0.4, 0.5) is 0 Å². The van der Waals surface area contributed by atoms with E-state index in [2.05, 4.69) is 32.0 Å². The number of nitrogens with one attached hydrogen (secondary N) is 1. The highest BCUT2D eigenvalue weighted by Crippen LogP contribution is 2.21. The standard InChI is InChI=1S/C12H21NO2/c1-6-8-13-10(9-12(3,4)5)11(14)15-7-2/h1,10,13H,7-9H2,2-5H3. The van der Waals surface area contributed by atoms with Gasteiger partial charge >= 0.3 is 5.97 Å². The molecule has 0 aliphatic rings. The molecule has 0 amide bonds. The summed E-state index contributed by atoms with van der Waals surface area (Å²) in [5, 5.41) is 3.00. The normalized spacial score (nSPS) is 13.0. The second-order valence-corrected chi connectivity index (χ2v) is 4.65. The Hall–Kier alpha value is -1.01. The molecule has 15 heavy (non-hydrogen) atoms. The fraction of sp³-hybridized carbons (Fsp3) is 0.750. The summed E-state index contributed by atoms with van der Waals surface area (Å²) in [5.74, 6) is 2.24. The lowest BCUT2D eigenvalue weighted by atomic mass is 9.88. The van der Waals surface area contributed by atoms with Crippen LogP contribution in [-0.2, 0) is 9.53 Å². The summed E-state index contributed by atoms with van der Waals surface area (Å²) < 4.78 is 4.98. The third kappa shape index (κ3) is 6.98. The molecule has 1 N–H and O–H groups in total. The van der Waals surface area contributed by atoms with Crippen molar-refractivity contribution in [1.29, 1.82) is 0 Å². The zero-order chi connectivity index (χ0) is 11.9. The SMILES string of the molecule is C#CCNC(CC(C)(C)C)C(=O)OCC. The summed E-state index contributed by atoms with van der Waals surface area (Å²) in [6, 6.07) is -0.305. The van der Waals surface area contributed by atoms with Crippen molar-refractivity contribution in [3.8, 4) is 12.3 Å². The van der Waals surface area contributed by atoms with Gasteiger partial charge in [-0.3, -0.25) is 10.1 Å². The number of hydrogen-bond donors (Lipinski definition) is 1. The van der Waals surface area contributed by atoms with Gasteiger partial charge in [-0.2, -0.15) is 0 Å². The quantitative estimate of drug-likeness (QED) is 0.554. The van der Waals surface area contributed by atoms with Crippen LogP contribution in [0.15, 0.2) is 0 Å². The summed E-state index contributed by atoms with van der Waals surface area (Å²) in [6.45, 7) is 8.83. The number of ether oxygens (including phenoxy) is 1. The molecule has 0 saturated carbocycles. The topological polar surface area (TPSA) is 38.3 Å². The van der Waals surface area contributed by atoms with E-state index < -0.39 is 0 Å². The third-order valence-electron chi connectivity index (χ3n) is 1.84. The van der Waals surface area contributed by atoms with Crippen LogP contribution in [-0.4, -0.2) is 25.2 Å². The fourth-order valence-electron chi connectivity index (χ4n) is 1.28. The fourth-order valence-corrected chi connectivity index (χ4v) is 1.28. The lowest BCUT2D eigenvalue weighted by Gasteiger charge is -2.24. The molecule has 0 bridgehead atoms. The highest BCUT2D eigenvalue weighted by Gasteiger charge is 2.25. The lowest BCUT2D eigenvalue weighted by Crippen LogP contribution is -2.41. The summed E-state index contributed by atoms with van der Waals surface area (Å²) in [5.41, 5.74) is 0.0685. The smallest absolute Gasteiger partial charge is 0.323 e. The molecule has 0 aliphatic carbocycles. The van der Waals surface area contributed by atoms with Crippen molar-refractivity contribution in [1.82, 2.24) is 5.32 Å². The number of esters is 1. The zero-order valence-electron chi connectivity index (χ0n) is 10.1. The minimum absolute atomic E-state index is 0.0685. The molecule has 0 aromatic rings. The van der Waals surface area contributed by atoms with Crippen molar-refractivity contribution in [2.45, 2.75) is 40.2 Å². The molecule has 1 atom stereocenters. The van der Waals surface area contributed by atoms with Crippen LogP contribution in [0, 0.1) is 17.8 Å². The molecule has 0 rings (SSSR count). The van der Waals surface area contributed by atoms with Gasteiger partial charge in [0.05, 0.1) is 13.2 Å². The van der Waals surface area contributed by atoms with Crippen LogP contribution in [0.1, 0.15) is 34.1 Å². The largest absolute Gasteiger partial charge is 0.465 e. The van der Waals surface area contributed by atoms with Gasteiger partial charge in [-0.25, -0.2) is 0 Å².